The molecule has 1 saturated carbocycles. The van der Waals surface area contributed by atoms with E-state index in [1.54, 1.807) is 0 Å². The fourth-order valence-electron chi connectivity index (χ4n) is 3.19. The summed E-state index contributed by atoms with van der Waals surface area (Å²) < 4.78 is 23.6. The molecule has 1 aliphatic heterocycles. The topological polar surface area (TPSA) is 46.2 Å². The third-order valence-electron chi connectivity index (χ3n) is 4.71. The highest BCUT2D eigenvalue weighted by molar-refractivity contribution is 7.91. The minimum Gasteiger partial charge on any atom is -0.314 e. The van der Waals surface area contributed by atoms with Crippen LogP contribution in [0, 0.1) is 11.8 Å². The van der Waals surface area contributed by atoms with Crippen LogP contribution in [0.25, 0.3) is 0 Å². The van der Waals surface area contributed by atoms with Crippen LogP contribution in [-0.4, -0.2) is 32.5 Å². The second-order valence-electron chi connectivity index (χ2n) is 6.53. The van der Waals surface area contributed by atoms with Crippen molar-refractivity contribution in [3.63, 3.8) is 0 Å². The molecule has 21 heavy (non-hydrogen) atoms. The Labute approximate surface area is 132 Å². The van der Waals surface area contributed by atoms with Crippen LogP contribution in [0.5, 0.6) is 0 Å². The van der Waals surface area contributed by atoms with E-state index in [-0.39, 0.29) is 0 Å². The number of aryl methyl sites for hydroxylation is 1. The second-order valence-corrected chi connectivity index (χ2v) is 10.0. The van der Waals surface area contributed by atoms with Gasteiger partial charge < -0.3 is 5.32 Å². The van der Waals surface area contributed by atoms with Gasteiger partial charge in [-0.1, -0.05) is 6.92 Å². The largest absolute Gasteiger partial charge is 0.314 e. The van der Waals surface area contributed by atoms with Crippen molar-refractivity contribution >= 4 is 21.2 Å². The third kappa shape index (κ3) is 4.30. The molecule has 1 aliphatic carbocycles. The van der Waals surface area contributed by atoms with Gasteiger partial charge in [-0.05, 0) is 62.6 Å². The van der Waals surface area contributed by atoms with Crippen LogP contribution in [0.2, 0.25) is 0 Å². The van der Waals surface area contributed by atoms with Gasteiger partial charge >= 0.3 is 0 Å². The first-order valence-corrected chi connectivity index (χ1v) is 10.7. The van der Waals surface area contributed by atoms with E-state index >= 15 is 0 Å². The molecule has 0 radical (unpaired) electrons. The SMILES string of the molecule is CCc1ccc(CC(CNC2CC2)C2CCS(=O)(=O)C2)s1. The molecule has 1 N–H and O–H groups in total. The number of thiophene rings is 1. The number of rotatable bonds is 7. The summed E-state index contributed by atoms with van der Waals surface area (Å²) in [6.07, 6.45) is 5.55. The predicted molar refractivity (Wildman–Crippen MR) is 88.7 cm³/mol. The maximum Gasteiger partial charge on any atom is 0.150 e. The number of hydrogen-bond acceptors (Lipinski definition) is 4. The highest BCUT2D eigenvalue weighted by Gasteiger charge is 2.34. The third-order valence-corrected chi connectivity index (χ3v) is 7.76. The van der Waals surface area contributed by atoms with Gasteiger partial charge in [0.1, 0.15) is 0 Å². The van der Waals surface area contributed by atoms with E-state index in [4.69, 9.17) is 0 Å². The molecule has 2 atom stereocenters. The first-order valence-electron chi connectivity index (χ1n) is 8.07. The van der Waals surface area contributed by atoms with E-state index in [1.807, 2.05) is 11.3 Å². The Morgan fingerprint density at radius 3 is 2.62 bits per heavy atom. The van der Waals surface area contributed by atoms with Crippen LogP contribution in [0.15, 0.2) is 12.1 Å². The number of hydrogen-bond donors (Lipinski definition) is 1. The molecule has 2 aliphatic rings. The van der Waals surface area contributed by atoms with Crippen LogP contribution in [0.3, 0.4) is 0 Å². The van der Waals surface area contributed by atoms with E-state index in [1.165, 1.54) is 22.6 Å². The zero-order valence-electron chi connectivity index (χ0n) is 12.7. The molecular formula is C16H25NO2S2. The van der Waals surface area contributed by atoms with Crippen LogP contribution < -0.4 is 5.32 Å². The maximum absolute atomic E-state index is 11.8. The van der Waals surface area contributed by atoms with Gasteiger partial charge in [-0.15, -0.1) is 11.3 Å². The molecular weight excluding hydrogens is 302 g/mol. The first kappa shape index (κ1) is 15.5. The minimum atomic E-state index is -2.78. The van der Waals surface area contributed by atoms with Crippen LogP contribution in [0.4, 0.5) is 0 Å². The van der Waals surface area contributed by atoms with Crippen molar-refractivity contribution in [3.8, 4) is 0 Å². The maximum atomic E-state index is 11.8. The van der Waals surface area contributed by atoms with Crippen LogP contribution in [-0.2, 0) is 22.7 Å². The lowest BCUT2D eigenvalue weighted by molar-refractivity contribution is 0.344. The average molecular weight is 328 g/mol. The summed E-state index contributed by atoms with van der Waals surface area (Å²) in [4.78, 5) is 2.84. The van der Waals surface area contributed by atoms with Crippen molar-refractivity contribution in [1.29, 1.82) is 0 Å². The quantitative estimate of drug-likeness (QED) is 0.837. The summed E-state index contributed by atoms with van der Waals surface area (Å²) in [5.41, 5.74) is 0. The van der Waals surface area contributed by atoms with Gasteiger partial charge in [0.05, 0.1) is 11.5 Å². The van der Waals surface area contributed by atoms with Gasteiger partial charge in [0.2, 0.25) is 0 Å². The summed E-state index contributed by atoms with van der Waals surface area (Å²) in [6.45, 7) is 3.16. The second kappa shape index (κ2) is 6.39. The first-order chi connectivity index (χ1) is 10.1. The van der Waals surface area contributed by atoms with Crippen LogP contribution in [0.1, 0.15) is 35.9 Å². The molecule has 1 saturated heterocycles. The molecule has 118 valence electrons. The molecule has 3 rings (SSSR count). The lowest BCUT2D eigenvalue weighted by Crippen LogP contribution is -2.31. The highest BCUT2D eigenvalue weighted by atomic mass is 32.2. The molecule has 0 amide bonds. The monoisotopic (exact) mass is 327 g/mol. The lowest BCUT2D eigenvalue weighted by Gasteiger charge is -2.22. The van der Waals surface area contributed by atoms with Crippen LogP contribution >= 0.6 is 11.3 Å². The van der Waals surface area contributed by atoms with Crippen molar-refractivity contribution in [2.45, 2.75) is 45.1 Å². The number of nitrogens with one attached hydrogen (secondary N) is 1. The highest BCUT2D eigenvalue weighted by Crippen LogP contribution is 2.31. The summed E-state index contributed by atoms with van der Waals surface area (Å²) in [5.74, 6) is 1.60. The van der Waals surface area contributed by atoms with E-state index in [0.717, 1.165) is 25.8 Å². The van der Waals surface area contributed by atoms with Gasteiger partial charge in [-0.2, -0.15) is 0 Å². The fourth-order valence-corrected chi connectivity index (χ4v) is 6.16. The lowest BCUT2D eigenvalue weighted by atomic mass is 9.88. The molecule has 1 aromatic rings. The van der Waals surface area contributed by atoms with Gasteiger partial charge in [-0.25, -0.2) is 8.42 Å². The molecule has 3 nitrogen and oxygen atoms in total. The van der Waals surface area contributed by atoms with Crippen molar-refractivity contribution in [1.82, 2.24) is 5.32 Å². The molecule has 2 unspecified atom stereocenters. The Bertz CT molecular complexity index is 575. The minimum absolute atomic E-state index is 0.341. The number of sulfone groups is 1. The van der Waals surface area contributed by atoms with Crippen molar-refractivity contribution in [2.75, 3.05) is 18.1 Å². The standard InChI is InChI=1S/C16H25NO2S2/c1-2-15-5-6-16(20-15)9-13(10-17-14-3-4-14)12-7-8-21(18,19)11-12/h5-6,12-14,17H,2-4,7-11H2,1H3. The van der Waals surface area contributed by atoms with E-state index in [9.17, 15) is 8.42 Å². The molecule has 5 heteroatoms. The summed E-state index contributed by atoms with van der Waals surface area (Å²) in [6, 6.07) is 5.15. The molecule has 1 aromatic heterocycles. The Morgan fingerprint density at radius 2 is 2.05 bits per heavy atom. The van der Waals surface area contributed by atoms with E-state index in [2.05, 4.69) is 24.4 Å². The average Bonchev–Trinajstić information content (AvgIpc) is 3.05. The molecule has 0 spiro atoms. The Balaban J connectivity index is 1.65. The summed E-state index contributed by atoms with van der Waals surface area (Å²) >= 11 is 1.89. The van der Waals surface area contributed by atoms with E-state index < -0.39 is 9.84 Å². The van der Waals surface area contributed by atoms with Gasteiger partial charge in [0.25, 0.3) is 0 Å². The van der Waals surface area contributed by atoms with Crippen molar-refractivity contribution < 1.29 is 8.42 Å². The normalized spacial score (nSPS) is 26.0. The molecule has 0 aromatic carbocycles. The molecule has 0 bridgehead atoms. The van der Waals surface area contributed by atoms with E-state index in [0.29, 0.717) is 29.4 Å². The predicted octanol–water partition coefficient (Wildman–Crippen LogP) is 2.66. The van der Waals surface area contributed by atoms with Gasteiger partial charge in [0, 0.05) is 15.8 Å². The zero-order valence-corrected chi connectivity index (χ0v) is 14.3. The van der Waals surface area contributed by atoms with Gasteiger partial charge in [-0.3, -0.25) is 0 Å². The van der Waals surface area contributed by atoms with Crippen molar-refractivity contribution in [2.24, 2.45) is 11.8 Å². The molecule has 2 fully saturated rings. The Kier molecular flexibility index (Phi) is 4.71. The summed E-state index contributed by atoms with van der Waals surface area (Å²) in [7, 11) is -2.78. The smallest absolute Gasteiger partial charge is 0.150 e. The fraction of sp³-hybridized carbons (Fsp3) is 0.750. The Hall–Kier alpha value is -0.390. The molecule has 2 heterocycles. The summed E-state index contributed by atoms with van der Waals surface area (Å²) in [5, 5.41) is 3.61. The van der Waals surface area contributed by atoms with Gasteiger partial charge in [0.15, 0.2) is 9.84 Å². The zero-order chi connectivity index (χ0) is 14.9. The Morgan fingerprint density at radius 1 is 1.29 bits per heavy atom. The van der Waals surface area contributed by atoms with Crippen molar-refractivity contribution in [3.05, 3.63) is 21.9 Å².